The molecule has 2 nitrogen and oxygen atoms in total. The molecule has 2 aromatic rings. The molecule has 0 heterocycles. The Morgan fingerprint density at radius 2 is 0.947 bits per heavy atom. The van der Waals surface area contributed by atoms with Gasteiger partial charge >= 0.3 is 18.0 Å². The second-order valence-corrected chi connectivity index (χ2v) is 4.32. The third-order valence-electron chi connectivity index (χ3n) is 2.82. The predicted molar refractivity (Wildman–Crippen MR) is 86.2 cm³/mol. The van der Waals surface area contributed by atoms with Crippen molar-refractivity contribution in [2.24, 2.45) is 0 Å². The van der Waals surface area contributed by atoms with Crippen LogP contribution in [0, 0.1) is 0 Å². The second kappa shape index (κ2) is 9.80. The van der Waals surface area contributed by atoms with E-state index < -0.39 is 0 Å². The fourth-order valence-electron chi connectivity index (χ4n) is 1.83. The molecular weight excluding hydrogens is 295 g/mol. The zero-order chi connectivity index (χ0) is 12.5. The van der Waals surface area contributed by atoms with E-state index in [1.54, 1.807) is 0 Å². The summed E-state index contributed by atoms with van der Waals surface area (Å²) in [5.74, 6) is 0. The molecule has 3 heteroatoms. The van der Waals surface area contributed by atoms with Crippen LogP contribution in [0.5, 0.6) is 0 Å². The van der Waals surface area contributed by atoms with E-state index in [-0.39, 0.29) is 18.0 Å². The molecule has 0 amide bonds. The third-order valence-corrected chi connectivity index (χ3v) is 2.82. The summed E-state index contributed by atoms with van der Waals surface area (Å²) in [6.45, 7) is 3.85. The Kier molecular flexibility index (Phi) is 8.24. The summed E-state index contributed by atoms with van der Waals surface area (Å²) in [5.41, 5.74) is 2.67. The van der Waals surface area contributed by atoms with Gasteiger partial charge in [0.25, 0.3) is 0 Å². The Labute approximate surface area is 126 Å². The Morgan fingerprint density at radius 1 is 0.579 bits per heavy atom. The number of hydrogen-bond donors (Lipinski definition) is 2. The van der Waals surface area contributed by atoms with E-state index in [1.165, 1.54) is 11.1 Å². The summed E-state index contributed by atoms with van der Waals surface area (Å²) >= 11 is 0. The Hall–Kier alpha value is -1.08. The van der Waals surface area contributed by atoms with Gasteiger partial charge in [0, 0.05) is 26.2 Å². The van der Waals surface area contributed by atoms with E-state index in [4.69, 9.17) is 0 Å². The molecule has 2 N–H and O–H groups in total. The molecule has 0 saturated heterocycles. The van der Waals surface area contributed by atoms with E-state index in [2.05, 4.69) is 59.2 Å². The van der Waals surface area contributed by atoms with Crippen LogP contribution in [0.1, 0.15) is 11.1 Å². The van der Waals surface area contributed by atoms with Gasteiger partial charge in [0.15, 0.2) is 0 Å². The topological polar surface area (TPSA) is 24.1 Å². The van der Waals surface area contributed by atoms with Crippen molar-refractivity contribution in [1.29, 1.82) is 0 Å². The average molecular weight is 318 g/mol. The molecule has 19 heavy (non-hydrogen) atoms. The van der Waals surface area contributed by atoms with Gasteiger partial charge < -0.3 is 10.6 Å². The van der Waals surface area contributed by atoms with Crippen LogP contribution in [-0.4, -0.2) is 31.0 Å². The minimum Gasteiger partial charge on any atom is -0.311 e. The van der Waals surface area contributed by atoms with Gasteiger partial charge in [0.05, 0.1) is 0 Å². The van der Waals surface area contributed by atoms with E-state index in [0.29, 0.717) is 0 Å². The van der Waals surface area contributed by atoms with Gasteiger partial charge in [-0.1, -0.05) is 60.7 Å². The monoisotopic (exact) mass is 318 g/mol. The molecule has 2 aromatic carbocycles. The van der Waals surface area contributed by atoms with Crippen LogP contribution < -0.4 is 10.6 Å². The first-order valence-electron chi connectivity index (χ1n) is 6.44. The zero-order valence-electron chi connectivity index (χ0n) is 11.3. The smallest absolute Gasteiger partial charge is 0.0206 e. The fourth-order valence-corrected chi connectivity index (χ4v) is 1.83. The van der Waals surface area contributed by atoms with Crippen LogP contribution >= 0.6 is 0 Å². The number of nitrogens with one attached hydrogen (secondary N) is 2. The van der Waals surface area contributed by atoms with Gasteiger partial charge in [-0.25, -0.2) is 0 Å². The molecule has 0 spiro atoms. The summed E-state index contributed by atoms with van der Waals surface area (Å²) < 4.78 is 0. The Bertz CT molecular complexity index is 388. The van der Waals surface area contributed by atoms with Gasteiger partial charge in [-0.2, -0.15) is 0 Å². The van der Waals surface area contributed by atoms with E-state index >= 15 is 0 Å². The molecular formula is C16H23AsN2. The molecule has 102 valence electrons. The van der Waals surface area contributed by atoms with Crippen molar-refractivity contribution in [2.75, 3.05) is 13.1 Å². The van der Waals surface area contributed by atoms with Crippen LogP contribution in [0.4, 0.5) is 0 Å². The summed E-state index contributed by atoms with van der Waals surface area (Å²) in [7, 11) is 0. The van der Waals surface area contributed by atoms with Crippen molar-refractivity contribution in [2.45, 2.75) is 13.1 Å². The number of hydrogen-bond acceptors (Lipinski definition) is 2. The van der Waals surface area contributed by atoms with E-state index in [0.717, 1.165) is 26.2 Å². The van der Waals surface area contributed by atoms with Gasteiger partial charge in [-0.3, -0.25) is 0 Å². The van der Waals surface area contributed by atoms with Crippen molar-refractivity contribution in [3.8, 4) is 0 Å². The van der Waals surface area contributed by atoms with Crippen molar-refractivity contribution < 1.29 is 0 Å². The van der Waals surface area contributed by atoms with E-state index in [9.17, 15) is 0 Å². The molecule has 1 atom stereocenters. The minimum absolute atomic E-state index is 0. The van der Waals surface area contributed by atoms with Gasteiger partial charge in [0.1, 0.15) is 0 Å². The van der Waals surface area contributed by atoms with Gasteiger partial charge in [-0.05, 0) is 11.1 Å². The predicted octanol–water partition coefficient (Wildman–Crippen LogP) is 1.38. The van der Waals surface area contributed by atoms with Gasteiger partial charge in [-0.15, -0.1) is 0 Å². The maximum atomic E-state index is 3.43. The summed E-state index contributed by atoms with van der Waals surface area (Å²) in [5, 5.41) is 6.85. The average Bonchev–Trinajstić information content (AvgIpc) is 2.45. The molecule has 2 rings (SSSR count). The van der Waals surface area contributed by atoms with Crippen molar-refractivity contribution in [1.82, 2.24) is 10.6 Å². The SMILES string of the molecule is [AsH3].c1ccc(CNCCNCc2ccccc2)cc1. The number of rotatable bonds is 7. The Morgan fingerprint density at radius 3 is 1.32 bits per heavy atom. The minimum atomic E-state index is 0. The van der Waals surface area contributed by atoms with Gasteiger partial charge in [0.2, 0.25) is 0 Å². The molecule has 1 unspecified atom stereocenters. The second-order valence-electron chi connectivity index (χ2n) is 4.32. The fraction of sp³-hybridized carbons (Fsp3) is 0.250. The first-order chi connectivity index (χ1) is 8.95. The van der Waals surface area contributed by atoms with Crippen LogP contribution in [0.3, 0.4) is 0 Å². The molecule has 0 aliphatic heterocycles. The van der Waals surface area contributed by atoms with Crippen LogP contribution in [0.15, 0.2) is 60.7 Å². The largest absolute Gasteiger partial charge is 0.311 e. The number of benzene rings is 2. The van der Waals surface area contributed by atoms with E-state index in [1.807, 2.05) is 12.1 Å². The standard InChI is InChI=1S/C16H20N2.AsH3/c1-3-7-15(8-4-1)13-17-11-12-18-14-16-9-5-2-6-10-16;/h1-10,17-18H,11-14H2;1H3. The first-order valence-corrected chi connectivity index (χ1v) is 6.44. The molecule has 0 aliphatic rings. The summed E-state index contributed by atoms with van der Waals surface area (Å²) in [6, 6.07) is 21.0. The maximum Gasteiger partial charge on any atom is 0.0206 e. The first kappa shape index (κ1) is 16.0. The molecule has 0 bridgehead atoms. The normalized spacial score (nSPS) is 9.89. The van der Waals surface area contributed by atoms with Crippen LogP contribution in [0.2, 0.25) is 0 Å². The Balaban J connectivity index is 0.00000180. The molecule has 0 radical (unpaired) electrons. The quantitative estimate of drug-likeness (QED) is 0.595. The molecule has 0 fully saturated rings. The molecule has 0 aromatic heterocycles. The zero-order valence-corrected chi connectivity index (χ0v) is 14.3. The van der Waals surface area contributed by atoms with Crippen molar-refractivity contribution in [3.05, 3.63) is 71.8 Å². The summed E-state index contributed by atoms with van der Waals surface area (Å²) in [4.78, 5) is 0. The molecule has 0 saturated carbocycles. The maximum absolute atomic E-state index is 3.43. The van der Waals surface area contributed by atoms with Crippen molar-refractivity contribution >= 4 is 18.0 Å². The third kappa shape index (κ3) is 6.58. The van der Waals surface area contributed by atoms with Crippen LogP contribution in [0.25, 0.3) is 0 Å². The summed E-state index contributed by atoms with van der Waals surface area (Å²) in [6.07, 6.45) is 0. The van der Waals surface area contributed by atoms with Crippen LogP contribution in [-0.2, 0) is 13.1 Å². The van der Waals surface area contributed by atoms with Crippen molar-refractivity contribution in [3.63, 3.8) is 0 Å². The molecule has 0 aliphatic carbocycles.